The normalized spacial score (nSPS) is 16.8. The number of hydrogen-bond donors (Lipinski definition) is 0. The lowest BCUT2D eigenvalue weighted by molar-refractivity contribution is 0.0730. The van der Waals surface area contributed by atoms with Crippen LogP contribution < -0.4 is 0 Å². The highest BCUT2D eigenvalue weighted by Crippen LogP contribution is 2.22. The molecule has 2 aromatic rings. The van der Waals surface area contributed by atoms with Gasteiger partial charge >= 0.3 is 0 Å². The smallest absolute Gasteiger partial charge is 0.243 e. The minimum Gasteiger partial charge on any atom is -0.379 e. The fourth-order valence-electron chi connectivity index (χ4n) is 2.62. The van der Waals surface area contributed by atoms with Gasteiger partial charge in [0.15, 0.2) is 0 Å². The summed E-state index contributed by atoms with van der Waals surface area (Å²) in [4.78, 5) is 0.148. The minimum atomic E-state index is -3.69. The molecule has 1 aliphatic heterocycles. The molecule has 1 aromatic carbocycles. The fraction of sp³-hybridized carbons (Fsp3) is 0.375. The van der Waals surface area contributed by atoms with E-state index in [1.807, 2.05) is 16.8 Å². The predicted octanol–water partition coefficient (Wildman–Crippen LogP) is 1.59. The Kier molecular flexibility index (Phi) is 5.80. The summed E-state index contributed by atoms with van der Waals surface area (Å²) in [5.74, 6) is 0. The van der Waals surface area contributed by atoms with Crippen molar-refractivity contribution in [3.63, 3.8) is 0 Å². The molecule has 3 rings (SSSR count). The van der Waals surface area contributed by atoms with Crippen LogP contribution in [0.15, 0.2) is 50.9 Å². The average molecular weight is 417 g/mol. The zero-order valence-corrected chi connectivity index (χ0v) is 16.7. The summed E-state index contributed by atoms with van der Waals surface area (Å²) in [6, 6.07) is 7.24. The Balaban J connectivity index is 1.80. The Morgan fingerprint density at radius 3 is 2.23 bits per heavy atom. The molecule has 0 saturated carbocycles. The van der Waals surface area contributed by atoms with Crippen LogP contribution in [0.5, 0.6) is 0 Å². The van der Waals surface area contributed by atoms with Crippen molar-refractivity contribution in [2.45, 2.75) is 16.3 Å². The number of rotatable bonds is 6. The van der Waals surface area contributed by atoms with E-state index < -0.39 is 20.0 Å². The Hall–Kier alpha value is -1.30. The standard InChI is InChI=1S/C16H20N2O5S3/c1-17(12-14-6-11-24-13-14)25(19,20)15-2-4-16(5-3-15)26(21,22)18-7-9-23-10-8-18/h2-6,11,13H,7-10,12H2,1H3. The molecule has 7 nitrogen and oxygen atoms in total. The van der Waals surface area contributed by atoms with Crippen molar-refractivity contribution in [1.82, 2.24) is 8.61 Å². The van der Waals surface area contributed by atoms with Crippen molar-refractivity contribution in [2.24, 2.45) is 0 Å². The highest BCUT2D eigenvalue weighted by molar-refractivity contribution is 7.89. The zero-order valence-electron chi connectivity index (χ0n) is 14.2. The van der Waals surface area contributed by atoms with Crippen molar-refractivity contribution < 1.29 is 21.6 Å². The summed E-state index contributed by atoms with van der Waals surface area (Å²) in [6.07, 6.45) is 0. The monoisotopic (exact) mass is 416 g/mol. The number of nitrogens with zero attached hydrogens (tertiary/aromatic N) is 2. The zero-order chi connectivity index (χ0) is 18.8. The van der Waals surface area contributed by atoms with Gasteiger partial charge in [0.2, 0.25) is 20.0 Å². The van der Waals surface area contributed by atoms with Crippen LogP contribution >= 0.6 is 11.3 Å². The van der Waals surface area contributed by atoms with Crippen LogP contribution in [0.25, 0.3) is 0 Å². The molecule has 0 unspecified atom stereocenters. The van der Waals surface area contributed by atoms with Crippen LogP contribution in [0.3, 0.4) is 0 Å². The van der Waals surface area contributed by atoms with E-state index >= 15 is 0 Å². The molecule has 10 heteroatoms. The quantitative estimate of drug-likeness (QED) is 0.714. The van der Waals surface area contributed by atoms with Crippen molar-refractivity contribution in [1.29, 1.82) is 0 Å². The van der Waals surface area contributed by atoms with Gasteiger partial charge < -0.3 is 4.74 Å². The first kappa shape index (κ1) is 19.5. The number of morpholine rings is 1. The van der Waals surface area contributed by atoms with Crippen LogP contribution in [0.1, 0.15) is 5.56 Å². The van der Waals surface area contributed by atoms with E-state index in [1.165, 1.54) is 51.3 Å². The molecule has 0 radical (unpaired) electrons. The predicted molar refractivity (Wildman–Crippen MR) is 99.0 cm³/mol. The van der Waals surface area contributed by atoms with E-state index in [-0.39, 0.29) is 16.3 Å². The lowest BCUT2D eigenvalue weighted by atomic mass is 10.3. The summed E-state index contributed by atoms with van der Waals surface area (Å²) in [7, 11) is -5.83. The average Bonchev–Trinajstić information content (AvgIpc) is 3.15. The molecule has 1 aromatic heterocycles. The lowest BCUT2D eigenvalue weighted by Gasteiger charge is -2.26. The Morgan fingerprint density at radius 2 is 1.65 bits per heavy atom. The highest BCUT2D eigenvalue weighted by Gasteiger charge is 2.27. The maximum Gasteiger partial charge on any atom is 0.243 e. The second-order valence-corrected chi connectivity index (χ2v) is 10.6. The largest absolute Gasteiger partial charge is 0.379 e. The number of benzene rings is 1. The van der Waals surface area contributed by atoms with E-state index in [2.05, 4.69) is 0 Å². The summed E-state index contributed by atoms with van der Waals surface area (Å²) < 4.78 is 58.3. The SMILES string of the molecule is CN(Cc1ccsc1)S(=O)(=O)c1ccc(S(=O)(=O)N2CCOCC2)cc1. The molecule has 0 aliphatic carbocycles. The molecule has 0 N–H and O–H groups in total. The third kappa shape index (κ3) is 4.00. The fourth-order valence-corrected chi connectivity index (χ4v) is 5.85. The minimum absolute atomic E-state index is 0.0659. The van der Waals surface area contributed by atoms with Crippen LogP contribution in [0.2, 0.25) is 0 Å². The first-order valence-electron chi connectivity index (χ1n) is 7.97. The molecule has 26 heavy (non-hydrogen) atoms. The van der Waals surface area contributed by atoms with E-state index in [4.69, 9.17) is 4.74 Å². The van der Waals surface area contributed by atoms with E-state index in [0.717, 1.165) is 5.56 Å². The first-order chi connectivity index (χ1) is 12.3. The number of ether oxygens (including phenoxy) is 1. The van der Waals surface area contributed by atoms with E-state index in [9.17, 15) is 16.8 Å². The van der Waals surface area contributed by atoms with Gasteiger partial charge in [-0.3, -0.25) is 0 Å². The van der Waals surface area contributed by atoms with Crippen molar-refractivity contribution in [3.05, 3.63) is 46.7 Å². The summed E-state index contributed by atoms with van der Waals surface area (Å²) in [5.41, 5.74) is 0.910. The van der Waals surface area contributed by atoms with Gasteiger partial charge in [0, 0.05) is 26.7 Å². The van der Waals surface area contributed by atoms with Gasteiger partial charge in [-0.05, 0) is 46.7 Å². The van der Waals surface area contributed by atoms with Crippen LogP contribution in [-0.2, 0) is 31.3 Å². The van der Waals surface area contributed by atoms with Crippen LogP contribution in [-0.4, -0.2) is 58.8 Å². The van der Waals surface area contributed by atoms with Gasteiger partial charge in [-0.2, -0.15) is 19.9 Å². The second-order valence-electron chi connectivity index (χ2n) is 5.88. The molecule has 0 spiro atoms. The van der Waals surface area contributed by atoms with Crippen LogP contribution in [0, 0.1) is 0 Å². The second kappa shape index (κ2) is 7.75. The Bertz CT molecular complexity index is 932. The van der Waals surface area contributed by atoms with Crippen molar-refractivity contribution in [3.8, 4) is 0 Å². The Morgan fingerprint density at radius 1 is 1.04 bits per heavy atom. The molecule has 142 valence electrons. The van der Waals surface area contributed by atoms with Gasteiger partial charge in [-0.25, -0.2) is 16.8 Å². The van der Waals surface area contributed by atoms with Gasteiger partial charge in [0.25, 0.3) is 0 Å². The highest BCUT2D eigenvalue weighted by atomic mass is 32.2. The molecule has 2 heterocycles. The van der Waals surface area contributed by atoms with Gasteiger partial charge in [0.05, 0.1) is 23.0 Å². The number of thiophene rings is 1. The Labute approximate surface area is 157 Å². The maximum atomic E-state index is 12.7. The lowest BCUT2D eigenvalue weighted by Crippen LogP contribution is -2.40. The van der Waals surface area contributed by atoms with Gasteiger partial charge in [-0.1, -0.05) is 0 Å². The van der Waals surface area contributed by atoms with E-state index in [1.54, 1.807) is 0 Å². The number of hydrogen-bond acceptors (Lipinski definition) is 6. The third-order valence-electron chi connectivity index (χ3n) is 4.13. The summed E-state index contributed by atoms with van der Waals surface area (Å²) in [6.45, 7) is 1.58. The molecule has 1 fully saturated rings. The van der Waals surface area contributed by atoms with Crippen LogP contribution in [0.4, 0.5) is 0 Å². The number of sulfonamides is 2. The molecule has 0 atom stereocenters. The molecular weight excluding hydrogens is 396 g/mol. The van der Waals surface area contributed by atoms with Gasteiger partial charge in [0.1, 0.15) is 0 Å². The van der Waals surface area contributed by atoms with Crippen molar-refractivity contribution >= 4 is 31.4 Å². The summed E-state index contributed by atoms with van der Waals surface area (Å²) >= 11 is 1.50. The molecule has 1 aliphatic rings. The van der Waals surface area contributed by atoms with Gasteiger partial charge in [-0.15, -0.1) is 0 Å². The van der Waals surface area contributed by atoms with Crippen molar-refractivity contribution in [2.75, 3.05) is 33.4 Å². The topological polar surface area (TPSA) is 84.0 Å². The molecule has 1 saturated heterocycles. The first-order valence-corrected chi connectivity index (χ1v) is 11.8. The van der Waals surface area contributed by atoms with E-state index in [0.29, 0.717) is 26.3 Å². The summed E-state index contributed by atoms with van der Waals surface area (Å²) in [5, 5.41) is 3.78. The maximum absolute atomic E-state index is 12.7. The third-order valence-corrected chi connectivity index (χ3v) is 8.59. The molecule has 0 bridgehead atoms. The molecular formula is C16H20N2O5S3. The molecule has 0 amide bonds.